The van der Waals surface area contributed by atoms with Gasteiger partial charge >= 0.3 is 6.18 Å². The Morgan fingerprint density at radius 3 is 2.39 bits per heavy atom. The number of aromatic nitrogens is 1. The van der Waals surface area contributed by atoms with E-state index in [1.807, 2.05) is 0 Å². The molecule has 0 saturated heterocycles. The van der Waals surface area contributed by atoms with Crippen LogP contribution in [0.15, 0.2) is 50.0 Å². The second-order valence-corrected chi connectivity index (χ2v) is 8.63. The van der Waals surface area contributed by atoms with Crippen LogP contribution in [0, 0.1) is 0 Å². The van der Waals surface area contributed by atoms with Gasteiger partial charge in [0.05, 0.1) is 21.1 Å². The summed E-state index contributed by atoms with van der Waals surface area (Å²) in [5.41, 5.74) is -1.01. The number of nitrogens with zero attached hydrogens (tertiary/aromatic N) is 1. The van der Waals surface area contributed by atoms with E-state index >= 15 is 0 Å². The van der Waals surface area contributed by atoms with Crippen LogP contribution in [0.2, 0.25) is 0 Å². The second-order valence-electron chi connectivity index (χ2n) is 5.91. The van der Waals surface area contributed by atoms with Gasteiger partial charge in [-0.3, -0.25) is 9.78 Å². The number of carbonyl (C=O) groups excluding carboxylic acids is 1. The fraction of sp³-hybridized carbons (Fsp3) is 0.263. The number of alkyl halides is 3. The summed E-state index contributed by atoms with van der Waals surface area (Å²) in [5.74, 6) is 0.547. The van der Waals surface area contributed by atoms with Crippen molar-refractivity contribution in [3.63, 3.8) is 0 Å². The molecule has 1 aromatic heterocycles. The number of carbonyl (C=O) groups is 1. The Morgan fingerprint density at radius 2 is 1.84 bits per heavy atom. The van der Waals surface area contributed by atoms with Gasteiger partial charge in [0.2, 0.25) is 0 Å². The van der Waals surface area contributed by atoms with Crippen molar-refractivity contribution in [3.05, 3.63) is 61.2 Å². The molecule has 0 fully saturated rings. The van der Waals surface area contributed by atoms with Crippen LogP contribution in [-0.2, 0) is 6.18 Å². The van der Waals surface area contributed by atoms with Crippen molar-refractivity contribution in [1.29, 1.82) is 0 Å². The molecule has 0 spiro atoms. The largest absolute Gasteiger partial charge is 0.491 e. The zero-order chi connectivity index (χ0) is 23.0. The molecule has 0 bridgehead atoms. The van der Waals surface area contributed by atoms with E-state index in [-0.39, 0.29) is 29.9 Å². The zero-order valence-electron chi connectivity index (χ0n) is 15.6. The molecule has 0 aliphatic carbocycles. The van der Waals surface area contributed by atoms with Crippen molar-refractivity contribution in [2.24, 2.45) is 0 Å². The lowest BCUT2D eigenvalue weighted by Gasteiger charge is -2.13. The van der Waals surface area contributed by atoms with Crippen LogP contribution in [0.5, 0.6) is 11.5 Å². The second kappa shape index (κ2) is 11.9. The molecular weight excluding hydrogens is 592 g/mol. The third-order valence-electron chi connectivity index (χ3n) is 3.64. The molecule has 0 unspecified atom stereocenters. The lowest BCUT2D eigenvalue weighted by molar-refractivity contribution is -0.137. The van der Waals surface area contributed by atoms with E-state index in [4.69, 9.17) is 32.7 Å². The fourth-order valence-corrected chi connectivity index (χ4v) is 3.69. The average molecular weight is 607 g/mol. The first-order valence-corrected chi connectivity index (χ1v) is 11.0. The summed E-state index contributed by atoms with van der Waals surface area (Å²) in [6.45, 7) is 0.737. The topological polar surface area (TPSA) is 60.5 Å². The number of rotatable bonds is 9. The van der Waals surface area contributed by atoms with Gasteiger partial charge in [-0.25, -0.2) is 0 Å². The van der Waals surface area contributed by atoms with E-state index in [1.54, 1.807) is 12.1 Å². The molecule has 1 N–H and O–H groups in total. The predicted octanol–water partition coefficient (Wildman–Crippen LogP) is 6.52. The van der Waals surface area contributed by atoms with E-state index in [0.717, 1.165) is 12.1 Å². The Balaban J connectivity index is 1.79. The van der Waals surface area contributed by atoms with E-state index in [0.29, 0.717) is 33.1 Å². The number of nitrogens with one attached hydrogen (secondary N) is 1. The molecule has 0 aliphatic heterocycles. The van der Waals surface area contributed by atoms with Crippen molar-refractivity contribution < 1.29 is 27.4 Å². The summed E-state index contributed by atoms with van der Waals surface area (Å²) >= 11 is 17.9. The number of pyridine rings is 1. The summed E-state index contributed by atoms with van der Waals surface area (Å²) in [6, 6.07) is 5.28. The number of benzene rings is 1. The first-order chi connectivity index (χ1) is 14.6. The van der Waals surface area contributed by atoms with Gasteiger partial charge in [-0.1, -0.05) is 23.2 Å². The maximum Gasteiger partial charge on any atom is 0.417 e. The van der Waals surface area contributed by atoms with Crippen molar-refractivity contribution in [3.8, 4) is 11.5 Å². The van der Waals surface area contributed by atoms with Gasteiger partial charge in [0.1, 0.15) is 28.3 Å². The quantitative estimate of drug-likeness (QED) is 0.330. The summed E-state index contributed by atoms with van der Waals surface area (Å²) in [6.07, 6.45) is -1.91. The van der Waals surface area contributed by atoms with E-state index in [9.17, 15) is 18.0 Å². The average Bonchev–Trinajstić information content (AvgIpc) is 2.68. The van der Waals surface area contributed by atoms with Crippen LogP contribution in [0.4, 0.5) is 13.2 Å². The number of ether oxygens (including phenoxy) is 2. The number of hydrogen-bond acceptors (Lipinski definition) is 4. The summed E-state index contributed by atoms with van der Waals surface area (Å²) in [7, 11) is 0. The van der Waals surface area contributed by atoms with E-state index in [1.165, 1.54) is 6.08 Å². The third kappa shape index (κ3) is 8.51. The first-order valence-electron chi connectivity index (χ1n) is 8.65. The molecule has 1 heterocycles. The van der Waals surface area contributed by atoms with Crippen molar-refractivity contribution >= 4 is 61.0 Å². The van der Waals surface area contributed by atoms with Crippen LogP contribution >= 0.6 is 55.1 Å². The molecule has 168 valence electrons. The highest BCUT2D eigenvalue weighted by molar-refractivity contribution is 9.11. The molecule has 5 nitrogen and oxygen atoms in total. The maximum absolute atomic E-state index is 12.5. The molecule has 1 aromatic carbocycles. The molecule has 1 amide bonds. The molecule has 2 rings (SSSR count). The number of halogens is 7. The van der Waals surface area contributed by atoms with E-state index in [2.05, 4.69) is 42.2 Å². The highest BCUT2D eigenvalue weighted by Gasteiger charge is 2.30. The summed E-state index contributed by atoms with van der Waals surface area (Å²) in [5, 5.41) is 2.58. The zero-order valence-corrected chi connectivity index (χ0v) is 20.3. The first kappa shape index (κ1) is 25.8. The molecule has 12 heteroatoms. The van der Waals surface area contributed by atoms with Crippen LogP contribution < -0.4 is 14.8 Å². The Labute approximate surface area is 203 Å². The fourth-order valence-electron chi connectivity index (χ4n) is 2.19. The molecule has 0 saturated carbocycles. The minimum Gasteiger partial charge on any atom is -0.491 e. The van der Waals surface area contributed by atoms with Crippen LogP contribution in [-0.4, -0.2) is 30.6 Å². The lowest BCUT2D eigenvalue weighted by atomic mass is 10.2. The highest BCUT2D eigenvalue weighted by Crippen LogP contribution is 2.37. The Hall–Kier alpha value is -1.49. The summed E-state index contributed by atoms with van der Waals surface area (Å²) < 4.78 is 50.2. The molecule has 2 aromatic rings. The van der Waals surface area contributed by atoms with Crippen LogP contribution in [0.25, 0.3) is 0 Å². The Bertz CT molecular complexity index is 915. The Morgan fingerprint density at radius 1 is 1.16 bits per heavy atom. The van der Waals surface area contributed by atoms with Crippen molar-refractivity contribution in [2.45, 2.75) is 12.6 Å². The molecule has 31 heavy (non-hydrogen) atoms. The third-order valence-corrected chi connectivity index (χ3v) is 5.12. The van der Waals surface area contributed by atoms with Gasteiger partial charge in [-0.05, 0) is 68.6 Å². The standard InChI is InChI=1S/C19H15Br2Cl2F3N2O3/c20-13-8-12(30-7-4-16(22)23)9-14(21)17(13)31-6-1-5-27-18(29)15-3-2-11(10-28-15)19(24,25)26/h2-4,8-10H,1,5-7H2,(H,27,29). The van der Waals surface area contributed by atoms with E-state index < -0.39 is 17.6 Å². The van der Waals surface area contributed by atoms with Gasteiger partial charge in [0, 0.05) is 12.7 Å². The normalized spacial score (nSPS) is 11.1. The van der Waals surface area contributed by atoms with Crippen molar-refractivity contribution in [1.82, 2.24) is 10.3 Å². The van der Waals surface area contributed by atoms with Crippen molar-refractivity contribution in [2.75, 3.05) is 19.8 Å². The minimum atomic E-state index is -4.50. The molecular formula is C19H15Br2Cl2F3N2O3. The molecule has 0 aliphatic rings. The lowest BCUT2D eigenvalue weighted by Crippen LogP contribution is -2.26. The van der Waals surface area contributed by atoms with Crippen LogP contribution in [0.3, 0.4) is 0 Å². The van der Waals surface area contributed by atoms with Gasteiger partial charge in [-0.2, -0.15) is 13.2 Å². The van der Waals surface area contributed by atoms with Gasteiger partial charge in [0.25, 0.3) is 5.91 Å². The van der Waals surface area contributed by atoms with Gasteiger partial charge in [-0.15, -0.1) is 0 Å². The SMILES string of the molecule is O=C(NCCCOc1c(Br)cc(OCC=C(Cl)Cl)cc1Br)c1ccc(C(F)(F)F)cn1. The smallest absolute Gasteiger partial charge is 0.417 e. The molecule has 0 atom stereocenters. The highest BCUT2D eigenvalue weighted by atomic mass is 79.9. The maximum atomic E-state index is 12.5. The monoisotopic (exact) mass is 604 g/mol. The number of hydrogen-bond donors (Lipinski definition) is 1. The summed E-state index contributed by atoms with van der Waals surface area (Å²) in [4.78, 5) is 15.5. The predicted molar refractivity (Wildman–Crippen MR) is 119 cm³/mol. The van der Waals surface area contributed by atoms with Crippen LogP contribution in [0.1, 0.15) is 22.5 Å². The Kier molecular flexibility index (Phi) is 9.92. The van der Waals surface area contributed by atoms with Gasteiger partial charge < -0.3 is 14.8 Å². The van der Waals surface area contributed by atoms with Gasteiger partial charge in [0.15, 0.2) is 0 Å². The minimum absolute atomic E-state index is 0.0969. The number of amides is 1. The molecule has 0 radical (unpaired) electrons.